The monoisotopic (exact) mass is 572 g/mol. The average Bonchev–Trinajstić information content (AvgIpc) is 2.99. The van der Waals surface area contributed by atoms with E-state index in [0.717, 1.165) is 35.4 Å². The molecule has 4 aromatic carbocycles. The van der Waals surface area contributed by atoms with Crippen LogP contribution in [0.5, 0.6) is 23.0 Å². The molecule has 4 rings (SSSR count). The second kappa shape index (κ2) is 13.5. The van der Waals surface area contributed by atoms with Gasteiger partial charge in [0.25, 0.3) is 11.8 Å². The van der Waals surface area contributed by atoms with Gasteiger partial charge in [-0.1, -0.05) is 60.7 Å². The molecule has 42 heavy (non-hydrogen) atoms. The molecule has 0 saturated heterocycles. The summed E-state index contributed by atoms with van der Waals surface area (Å²) in [6.45, 7) is 0. The van der Waals surface area contributed by atoms with Gasteiger partial charge in [0.1, 0.15) is 12.2 Å². The summed E-state index contributed by atoms with van der Waals surface area (Å²) >= 11 is 0. The van der Waals surface area contributed by atoms with Crippen molar-refractivity contribution in [3.05, 3.63) is 119 Å². The number of aliphatic hydroxyl groups excluding tert-OH is 2. The predicted octanol–water partition coefficient (Wildman–Crippen LogP) is 2.61. The van der Waals surface area contributed by atoms with E-state index in [9.17, 15) is 40.2 Å². The Morgan fingerprint density at radius 3 is 1.21 bits per heavy atom. The lowest BCUT2D eigenvalue weighted by molar-refractivity contribution is -0.0219. The molecule has 10 heteroatoms. The van der Waals surface area contributed by atoms with Crippen LogP contribution in [0.4, 0.5) is 0 Å². The fraction of sp³-hybridized carbons (Fsp3) is 0.188. The molecule has 0 fully saturated rings. The van der Waals surface area contributed by atoms with E-state index in [-0.39, 0.29) is 24.0 Å². The van der Waals surface area contributed by atoms with Gasteiger partial charge in [-0.15, -0.1) is 0 Å². The number of phenolic OH excluding ortho intramolecular Hbond substituents is 4. The van der Waals surface area contributed by atoms with Gasteiger partial charge in [0, 0.05) is 11.1 Å². The minimum Gasteiger partial charge on any atom is -0.504 e. The Morgan fingerprint density at radius 1 is 0.524 bits per heavy atom. The fourth-order valence-corrected chi connectivity index (χ4v) is 4.56. The number of aromatic hydroxyl groups is 4. The minimum absolute atomic E-state index is 0.0197. The minimum atomic E-state index is -1.58. The highest BCUT2D eigenvalue weighted by molar-refractivity contribution is 5.95. The summed E-state index contributed by atoms with van der Waals surface area (Å²) < 4.78 is 0. The third-order valence-corrected chi connectivity index (χ3v) is 6.88. The summed E-state index contributed by atoms with van der Waals surface area (Å²) in [5, 5.41) is 67.3. The molecule has 0 saturated carbocycles. The normalized spacial score (nSPS) is 13.9. The summed E-state index contributed by atoms with van der Waals surface area (Å²) in [7, 11) is 0. The summed E-state index contributed by atoms with van der Waals surface area (Å²) in [5.74, 6) is -3.11. The van der Waals surface area contributed by atoms with Gasteiger partial charge in [0.05, 0.1) is 12.1 Å². The topological polar surface area (TPSA) is 180 Å². The number of amides is 2. The molecule has 10 nitrogen and oxygen atoms in total. The molecular weight excluding hydrogens is 540 g/mol. The standard InChI is InChI=1S/C32H32N2O8/c35-25-13-11-21(17-27(25)37)31(41)33-23(15-19-7-3-1-4-8-19)29(39)30(40)24(16-20-9-5-2-6-10-20)34-32(42)22-12-14-26(36)28(38)18-22/h1-14,17-18,23-24,29-30,35-40H,15-16H2,(H,33,41)(H,34,42)/t23-,24+,29-,30+. The predicted molar refractivity (Wildman–Crippen MR) is 154 cm³/mol. The van der Waals surface area contributed by atoms with Gasteiger partial charge in [-0.2, -0.15) is 0 Å². The zero-order chi connectivity index (χ0) is 30.2. The Morgan fingerprint density at radius 2 is 0.881 bits per heavy atom. The van der Waals surface area contributed by atoms with Crippen LogP contribution >= 0.6 is 0 Å². The number of benzene rings is 4. The highest BCUT2D eigenvalue weighted by atomic mass is 16.3. The smallest absolute Gasteiger partial charge is 0.251 e. The molecule has 2 amide bonds. The van der Waals surface area contributed by atoms with Crippen LogP contribution in [0.1, 0.15) is 31.8 Å². The van der Waals surface area contributed by atoms with Gasteiger partial charge in [0.2, 0.25) is 0 Å². The van der Waals surface area contributed by atoms with Crippen molar-refractivity contribution in [1.29, 1.82) is 0 Å². The molecule has 0 radical (unpaired) electrons. The van der Waals surface area contributed by atoms with E-state index < -0.39 is 59.1 Å². The second-order valence-electron chi connectivity index (χ2n) is 9.93. The third kappa shape index (κ3) is 7.57. The van der Waals surface area contributed by atoms with Crippen LogP contribution in [-0.2, 0) is 12.8 Å². The van der Waals surface area contributed by atoms with Crippen molar-refractivity contribution in [2.24, 2.45) is 0 Å². The van der Waals surface area contributed by atoms with Crippen molar-refractivity contribution < 1.29 is 40.2 Å². The van der Waals surface area contributed by atoms with E-state index in [1.165, 1.54) is 12.1 Å². The van der Waals surface area contributed by atoms with Crippen LogP contribution in [0.25, 0.3) is 0 Å². The lowest BCUT2D eigenvalue weighted by Crippen LogP contribution is -2.57. The van der Waals surface area contributed by atoms with Crippen molar-refractivity contribution in [2.45, 2.75) is 37.1 Å². The van der Waals surface area contributed by atoms with Crippen molar-refractivity contribution >= 4 is 11.8 Å². The molecule has 0 aromatic heterocycles. The lowest BCUT2D eigenvalue weighted by atomic mass is 9.90. The molecule has 0 aliphatic rings. The number of carbonyl (C=O) groups excluding carboxylic acids is 2. The zero-order valence-corrected chi connectivity index (χ0v) is 22.5. The summed E-state index contributed by atoms with van der Waals surface area (Å²) in [6.07, 6.45) is -2.93. The lowest BCUT2D eigenvalue weighted by Gasteiger charge is -2.33. The first-order chi connectivity index (χ1) is 20.1. The first-order valence-electron chi connectivity index (χ1n) is 13.2. The van der Waals surface area contributed by atoms with Gasteiger partial charge in [-0.3, -0.25) is 9.59 Å². The molecule has 218 valence electrons. The van der Waals surface area contributed by atoms with Crippen LogP contribution in [0.2, 0.25) is 0 Å². The molecule has 8 N–H and O–H groups in total. The maximum atomic E-state index is 13.1. The number of nitrogens with one attached hydrogen (secondary N) is 2. The highest BCUT2D eigenvalue weighted by Gasteiger charge is 2.35. The number of aliphatic hydroxyl groups is 2. The largest absolute Gasteiger partial charge is 0.504 e. The fourth-order valence-electron chi connectivity index (χ4n) is 4.56. The zero-order valence-electron chi connectivity index (χ0n) is 22.5. The summed E-state index contributed by atoms with van der Waals surface area (Å²) in [5.41, 5.74) is 1.55. The molecule has 4 atom stereocenters. The first-order valence-corrected chi connectivity index (χ1v) is 13.2. The molecular formula is C32H32N2O8. The van der Waals surface area contributed by atoms with Crippen LogP contribution in [0.3, 0.4) is 0 Å². The Bertz CT molecular complexity index is 1400. The second-order valence-corrected chi connectivity index (χ2v) is 9.93. The third-order valence-electron chi connectivity index (χ3n) is 6.88. The number of rotatable bonds is 11. The Labute approximate surface area is 242 Å². The van der Waals surface area contributed by atoms with E-state index in [1.54, 1.807) is 48.5 Å². The summed E-state index contributed by atoms with van der Waals surface area (Å²) in [6, 6.07) is 23.0. The Hall–Kier alpha value is -5.06. The summed E-state index contributed by atoms with van der Waals surface area (Å²) in [4.78, 5) is 26.2. The molecule has 0 aliphatic heterocycles. The van der Waals surface area contributed by atoms with Crippen LogP contribution in [-0.4, -0.2) is 66.7 Å². The number of carbonyl (C=O) groups is 2. The number of hydrogen-bond donors (Lipinski definition) is 8. The van der Waals surface area contributed by atoms with Gasteiger partial charge in [-0.25, -0.2) is 0 Å². The van der Waals surface area contributed by atoms with Crippen molar-refractivity contribution in [3.63, 3.8) is 0 Å². The van der Waals surface area contributed by atoms with Crippen molar-refractivity contribution in [3.8, 4) is 23.0 Å². The molecule has 0 heterocycles. The van der Waals surface area contributed by atoms with Crippen LogP contribution in [0, 0.1) is 0 Å². The molecule has 0 aliphatic carbocycles. The number of hydrogen-bond acceptors (Lipinski definition) is 8. The van der Waals surface area contributed by atoms with E-state index >= 15 is 0 Å². The highest BCUT2D eigenvalue weighted by Crippen LogP contribution is 2.26. The van der Waals surface area contributed by atoms with Crippen molar-refractivity contribution in [2.75, 3.05) is 0 Å². The SMILES string of the molecule is O=C(N[C@@H](Cc1ccccc1)[C@H](O)[C@H](O)[C@@H](Cc1ccccc1)NC(=O)c1ccc(O)c(O)c1)c1ccc(O)c(O)c1. The maximum absolute atomic E-state index is 13.1. The van der Waals surface area contributed by atoms with Gasteiger partial charge >= 0.3 is 0 Å². The molecule has 0 unspecified atom stereocenters. The molecule has 0 spiro atoms. The van der Waals surface area contributed by atoms with Crippen LogP contribution < -0.4 is 10.6 Å². The average molecular weight is 573 g/mol. The van der Waals surface area contributed by atoms with E-state index in [4.69, 9.17) is 0 Å². The Balaban J connectivity index is 1.62. The van der Waals surface area contributed by atoms with E-state index in [1.807, 2.05) is 12.1 Å². The van der Waals surface area contributed by atoms with Crippen molar-refractivity contribution in [1.82, 2.24) is 10.6 Å². The quantitative estimate of drug-likeness (QED) is 0.126. The molecule has 4 aromatic rings. The van der Waals surface area contributed by atoms with Crippen LogP contribution in [0.15, 0.2) is 97.1 Å². The van der Waals surface area contributed by atoms with E-state index in [2.05, 4.69) is 10.6 Å². The van der Waals surface area contributed by atoms with Gasteiger partial charge in [-0.05, 0) is 60.4 Å². The number of phenols is 4. The maximum Gasteiger partial charge on any atom is 0.251 e. The molecule has 0 bridgehead atoms. The van der Waals surface area contributed by atoms with Gasteiger partial charge in [0.15, 0.2) is 23.0 Å². The van der Waals surface area contributed by atoms with Gasteiger partial charge < -0.3 is 41.3 Å². The first kappa shape index (κ1) is 29.9. The van der Waals surface area contributed by atoms with E-state index in [0.29, 0.717) is 0 Å². The Kier molecular flexibility index (Phi) is 9.64.